The van der Waals surface area contributed by atoms with Crippen LogP contribution in [0, 0.1) is 6.92 Å². The first kappa shape index (κ1) is 19.8. The second-order valence-corrected chi connectivity index (χ2v) is 7.86. The zero-order valence-corrected chi connectivity index (χ0v) is 16.7. The van der Waals surface area contributed by atoms with E-state index in [9.17, 15) is 9.59 Å². The van der Waals surface area contributed by atoms with Gasteiger partial charge in [-0.05, 0) is 39.0 Å². The van der Waals surface area contributed by atoms with Gasteiger partial charge in [0.1, 0.15) is 0 Å². The molecule has 2 fully saturated rings. The molecule has 2 heterocycles. The van der Waals surface area contributed by atoms with Crippen LogP contribution < -0.4 is 0 Å². The van der Waals surface area contributed by atoms with Crippen LogP contribution in [0.4, 0.5) is 0 Å². The number of aryl methyl sites for hydroxylation is 1. The van der Waals surface area contributed by atoms with Gasteiger partial charge in [0, 0.05) is 45.7 Å². The van der Waals surface area contributed by atoms with Crippen molar-refractivity contribution in [3.63, 3.8) is 0 Å². The maximum Gasteiger partial charge on any atom is 0.242 e. The lowest BCUT2D eigenvalue weighted by Gasteiger charge is -2.35. The maximum absolute atomic E-state index is 12.6. The molecule has 2 aliphatic heterocycles. The zero-order chi connectivity index (χ0) is 19.2. The van der Waals surface area contributed by atoms with Crippen molar-refractivity contribution in [1.82, 2.24) is 19.6 Å². The Kier molecular flexibility index (Phi) is 6.85. The van der Waals surface area contributed by atoms with Crippen LogP contribution in [0.15, 0.2) is 24.3 Å². The average Bonchev–Trinajstić information content (AvgIpc) is 2.87. The molecule has 0 bridgehead atoms. The second-order valence-electron chi connectivity index (χ2n) is 7.86. The molecular formula is C21H32N4O2. The van der Waals surface area contributed by atoms with Gasteiger partial charge in [0.05, 0.1) is 6.54 Å². The molecule has 3 rings (SSSR count). The number of piperazine rings is 1. The Balaban J connectivity index is 1.43. The lowest BCUT2D eigenvalue weighted by atomic mass is 10.1. The quantitative estimate of drug-likeness (QED) is 0.779. The molecule has 2 saturated heterocycles. The summed E-state index contributed by atoms with van der Waals surface area (Å²) in [6, 6.07) is 8.28. The Morgan fingerprint density at radius 3 is 2.52 bits per heavy atom. The average molecular weight is 373 g/mol. The molecule has 6 nitrogen and oxygen atoms in total. The number of hydrogen-bond acceptors (Lipinski definition) is 4. The normalized spacial score (nSPS) is 20.0. The fourth-order valence-electron chi connectivity index (χ4n) is 3.74. The fraction of sp³-hybridized carbons (Fsp3) is 0.619. The van der Waals surface area contributed by atoms with Gasteiger partial charge in [0.15, 0.2) is 0 Å². The molecule has 0 unspecified atom stereocenters. The van der Waals surface area contributed by atoms with Gasteiger partial charge < -0.3 is 19.6 Å². The highest BCUT2D eigenvalue weighted by molar-refractivity contribution is 5.86. The number of hydrogen-bond donors (Lipinski definition) is 0. The van der Waals surface area contributed by atoms with Gasteiger partial charge in [-0.1, -0.05) is 29.8 Å². The summed E-state index contributed by atoms with van der Waals surface area (Å²) in [7, 11) is 2.15. The zero-order valence-electron chi connectivity index (χ0n) is 16.7. The molecule has 0 aromatic heterocycles. The number of likely N-dealkylation sites (N-methyl/N-ethyl adjacent to an activating group) is 1. The third-order valence-electron chi connectivity index (χ3n) is 5.62. The number of nitrogens with zero attached hydrogens (tertiary/aromatic N) is 4. The number of rotatable bonds is 5. The molecule has 1 aromatic carbocycles. The highest BCUT2D eigenvalue weighted by Gasteiger charge is 2.27. The van der Waals surface area contributed by atoms with E-state index in [-0.39, 0.29) is 18.4 Å². The third-order valence-corrected chi connectivity index (χ3v) is 5.62. The predicted molar refractivity (Wildman–Crippen MR) is 106 cm³/mol. The van der Waals surface area contributed by atoms with Crippen LogP contribution in [0.2, 0.25) is 0 Å². The third kappa shape index (κ3) is 5.78. The van der Waals surface area contributed by atoms with Gasteiger partial charge in [-0.15, -0.1) is 0 Å². The monoisotopic (exact) mass is 372 g/mol. The van der Waals surface area contributed by atoms with Crippen LogP contribution in [0.1, 0.15) is 24.0 Å². The van der Waals surface area contributed by atoms with E-state index in [1.807, 2.05) is 4.90 Å². The summed E-state index contributed by atoms with van der Waals surface area (Å²) in [5, 5.41) is 0. The van der Waals surface area contributed by atoms with Gasteiger partial charge >= 0.3 is 0 Å². The highest BCUT2D eigenvalue weighted by atomic mass is 16.2. The topological polar surface area (TPSA) is 47.1 Å². The number of benzene rings is 1. The summed E-state index contributed by atoms with van der Waals surface area (Å²) in [6.45, 7) is 9.22. The van der Waals surface area contributed by atoms with Crippen molar-refractivity contribution in [2.45, 2.75) is 26.3 Å². The Bertz CT molecular complexity index is 646. The molecule has 2 amide bonds. The Labute approximate surface area is 162 Å². The van der Waals surface area contributed by atoms with Crippen molar-refractivity contribution >= 4 is 11.8 Å². The van der Waals surface area contributed by atoms with Crippen LogP contribution in [0.5, 0.6) is 0 Å². The van der Waals surface area contributed by atoms with E-state index in [0.29, 0.717) is 26.1 Å². The van der Waals surface area contributed by atoms with Gasteiger partial charge in [0.25, 0.3) is 0 Å². The molecule has 0 spiro atoms. The second kappa shape index (κ2) is 9.33. The van der Waals surface area contributed by atoms with Gasteiger partial charge in [-0.2, -0.15) is 0 Å². The Hall–Kier alpha value is -1.92. The molecule has 148 valence electrons. The lowest BCUT2D eigenvalue weighted by molar-refractivity contribution is -0.145. The molecule has 6 heteroatoms. The molecule has 0 aliphatic carbocycles. The highest BCUT2D eigenvalue weighted by Crippen LogP contribution is 2.12. The van der Waals surface area contributed by atoms with Crippen LogP contribution >= 0.6 is 0 Å². The van der Waals surface area contributed by atoms with Crippen LogP contribution in [0.3, 0.4) is 0 Å². The Morgan fingerprint density at radius 2 is 1.78 bits per heavy atom. The summed E-state index contributed by atoms with van der Waals surface area (Å²) in [6.07, 6.45) is 1.66. The van der Waals surface area contributed by atoms with E-state index >= 15 is 0 Å². The molecule has 0 N–H and O–H groups in total. The van der Waals surface area contributed by atoms with E-state index in [4.69, 9.17) is 0 Å². The SMILES string of the molecule is Cc1ccc(CN2CCN(C(=O)CCN3CCCN(C)CC3)CC2=O)cc1. The van der Waals surface area contributed by atoms with E-state index in [1.54, 1.807) is 4.90 Å². The summed E-state index contributed by atoms with van der Waals surface area (Å²) in [5.41, 5.74) is 2.36. The largest absolute Gasteiger partial charge is 0.335 e. The van der Waals surface area contributed by atoms with Crippen molar-refractivity contribution in [3.8, 4) is 0 Å². The summed E-state index contributed by atoms with van der Waals surface area (Å²) < 4.78 is 0. The van der Waals surface area contributed by atoms with Crippen molar-refractivity contribution < 1.29 is 9.59 Å². The van der Waals surface area contributed by atoms with Gasteiger partial charge in [-0.25, -0.2) is 0 Å². The van der Waals surface area contributed by atoms with Crippen molar-refractivity contribution in [3.05, 3.63) is 35.4 Å². The van der Waals surface area contributed by atoms with Crippen LogP contribution in [0.25, 0.3) is 0 Å². The number of amides is 2. The van der Waals surface area contributed by atoms with E-state index in [1.165, 1.54) is 5.56 Å². The Morgan fingerprint density at radius 1 is 1.00 bits per heavy atom. The van der Waals surface area contributed by atoms with E-state index < -0.39 is 0 Å². The van der Waals surface area contributed by atoms with Crippen LogP contribution in [-0.2, 0) is 16.1 Å². The standard InChI is InChI=1S/C21H32N4O2/c1-18-4-6-19(7-5-18)16-24-14-15-25(17-21(24)27)20(26)8-11-23-10-3-9-22(2)12-13-23/h4-7H,3,8-17H2,1-2H3. The summed E-state index contributed by atoms with van der Waals surface area (Å²) >= 11 is 0. The van der Waals surface area contributed by atoms with E-state index in [0.717, 1.165) is 44.7 Å². The first-order valence-corrected chi connectivity index (χ1v) is 10.0. The predicted octanol–water partition coefficient (Wildman–Crippen LogP) is 1.19. The van der Waals surface area contributed by atoms with E-state index in [2.05, 4.69) is 48.0 Å². The minimum atomic E-state index is 0.0478. The molecule has 0 radical (unpaired) electrons. The van der Waals surface area contributed by atoms with Crippen LogP contribution in [-0.4, -0.2) is 90.8 Å². The molecule has 27 heavy (non-hydrogen) atoms. The minimum Gasteiger partial charge on any atom is -0.335 e. The summed E-state index contributed by atoms with van der Waals surface area (Å²) in [5.74, 6) is 0.155. The lowest BCUT2D eigenvalue weighted by Crippen LogP contribution is -2.52. The number of carbonyl (C=O) groups is 2. The summed E-state index contributed by atoms with van der Waals surface area (Å²) in [4.78, 5) is 33.3. The maximum atomic E-state index is 12.6. The smallest absolute Gasteiger partial charge is 0.242 e. The molecule has 0 saturated carbocycles. The van der Waals surface area contributed by atoms with Crippen molar-refractivity contribution in [2.75, 3.05) is 59.4 Å². The fourth-order valence-corrected chi connectivity index (χ4v) is 3.74. The minimum absolute atomic E-state index is 0.0478. The molecule has 1 aromatic rings. The first-order chi connectivity index (χ1) is 13.0. The number of carbonyl (C=O) groups excluding carboxylic acids is 2. The first-order valence-electron chi connectivity index (χ1n) is 10.0. The molecule has 0 atom stereocenters. The van der Waals surface area contributed by atoms with Gasteiger partial charge in [-0.3, -0.25) is 9.59 Å². The van der Waals surface area contributed by atoms with Gasteiger partial charge in [0.2, 0.25) is 11.8 Å². The van der Waals surface area contributed by atoms with Crippen molar-refractivity contribution in [2.24, 2.45) is 0 Å². The molecular weight excluding hydrogens is 340 g/mol. The van der Waals surface area contributed by atoms with Crippen molar-refractivity contribution in [1.29, 1.82) is 0 Å². The molecule has 2 aliphatic rings.